The Bertz CT molecular complexity index is 714. The molecule has 0 fully saturated rings. The number of hydrogen-bond donors (Lipinski definition) is 0. The van der Waals surface area contributed by atoms with Crippen molar-refractivity contribution in [1.29, 1.82) is 0 Å². The average Bonchev–Trinajstić information content (AvgIpc) is 2.58. The molecule has 1 amide bonds. The van der Waals surface area contributed by atoms with E-state index in [1.165, 1.54) is 11.0 Å². The number of halogens is 1. The molecular formula is C18H18ClNO4. The molecule has 0 spiro atoms. The van der Waals surface area contributed by atoms with Gasteiger partial charge < -0.3 is 14.4 Å². The Hall–Kier alpha value is -2.53. The van der Waals surface area contributed by atoms with Crippen LogP contribution in [0, 0.1) is 0 Å². The minimum Gasteiger partial charge on any atom is -0.423 e. The summed E-state index contributed by atoms with van der Waals surface area (Å²) in [4.78, 5) is 26.0. The summed E-state index contributed by atoms with van der Waals surface area (Å²) < 4.78 is 10.6. The van der Waals surface area contributed by atoms with Crippen LogP contribution in [0.1, 0.15) is 24.2 Å². The third-order valence-corrected chi connectivity index (χ3v) is 3.65. The Morgan fingerprint density at radius 1 is 0.958 bits per heavy atom. The van der Waals surface area contributed by atoms with E-state index in [9.17, 15) is 9.59 Å². The molecule has 2 rings (SSSR count). The van der Waals surface area contributed by atoms with Gasteiger partial charge in [0.2, 0.25) is 0 Å². The topological polar surface area (TPSA) is 55.8 Å². The lowest BCUT2D eigenvalue weighted by Gasteiger charge is -2.19. The lowest BCUT2D eigenvalue weighted by atomic mass is 10.2. The Morgan fingerprint density at radius 3 is 2.25 bits per heavy atom. The number of para-hydroxylation sites is 2. The predicted octanol–water partition coefficient (Wildman–Crippen LogP) is 4.40. The molecule has 0 aliphatic rings. The summed E-state index contributed by atoms with van der Waals surface area (Å²) in [6.07, 6.45) is -0.568. The van der Waals surface area contributed by atoms with Crippen LogP contribution in [0.3, 0.4) is 0 Å². The molecular weight excluding hydrogens is 330 g/mol. The van der Waals surface area contributed by atoms with Gasteiger partial charge in [-0.1, -0.05) is 35.9 Å². The number of carbonyl (C=O) groups is 2. The van der Waals surface area contributed by atoms with Crippen molar-refractivity contribution in [3.05, 3.63) is 59.1 Å². The first kappa shape index (κ1) is 17.8. The standard InChI is InChI=1S/C18H18ClNO4/c1-3-20(4-2)18(22)24-16-14(11-8-12-15(16)19)17(21)23-13-9-6-5-7-10-13/h5-12H,3-4H2,1-2H3. The first-order valence-electron chi connectivity index (χ1n) is 7.59. The number of benzene rings is 2. The number of esters is 1. The molecule has 2 aromatic carbocycles. The van der Waals surface area contributed by atoms with E-state index in [-0.39, 0.29) is 16.3 Å². The highest BCUT2D eigenvalue weighted by Crippen LogP contribution is 2.30. The summed E-state index contributed by atoms with van der Waals surface area (Å²) in [5, 5.41) is 0.165. The van der Waals surface area contributed by atoms with Gasteiger partial charge in [0.1, 0.15) is 11.3 Å². The van der Waals surface area contributed by atoms with Crippen LogP contribution in [0.5, 0.6) is 11.5 Å². The summed E-state index contributed by atoms with van der Waals surface area (Å²) >= 11 is 6.11. The van der Waals surface area contributed by atoms with Crippen molar-refractivity contribution in [3.63, 3.8) is 0 Å². The van der Waals surface area contributed by atoms with Crippen molar-refractivity contribution in [2.45, 2.75) is 13.8 Å². The average molecular weight is 348 g/mol. The van der Waals surface area contributed by atoms with Crippen molar-refractivity contribution in [1.82, 2.24) is 4.90 Å². The molecule has 126 valence electrons. The quantitative estimate of drug-likeness (QED) is 0.594. The summed E-state index contributed by atoms with van der Waals surface area (Å²) in [6.45, 7) is 4.65. The molecule has 0 heterocycles. The maximum atomic E-state index is 12.4. The second-order valence-electron chi connectivity index (χ2n) is 4.86. The summed E-state index contributed by atoms with van der Waals surface area (Å²) in [6, 6.07) is 13.3. The molecule has 6 heteroatoms. The van der Waals surface area contributed by atoms with Gasteiger partial charge in [0.25, 0.3) is 0 Å². The number of rotatable bonds is 5. The zero-order chi connectivity index (χ0) is 17.5. The van der Waals surface area contributed by atoms with Gasteiger partial charge in [-0.05, 0) is 38.1 Å². The maximum Gasteiger partial charge on any atom is 0.415 e. The largest absolute Gasteiger partial charge is 0.423 e. The zero-order valence-corrected chi connectivity index (χ0v) is 14.2. The molecule has 0 aliphatic heterocycles. The summed E-state index contributed by atoms with van der Waals surface area (Å²) in [7, 11) is 0. The molecule has 0 aliphatic carbocycles. The van der Waals surface area contributed by atoms with Crippen LogP contribution in [0.2, 0.25) is 5.02 Å². The fourth-order valence-electron chi connectivity index (χ4n) is 2.06. The van der Waals surface area contributed by atoms with Crippen molar-refractivity contribution in [3.8, 4) is 11.5 Å². The SMILES string of the molecule is CCN(CC)C(=O)Oc1c(Cl)cccc1C(=O)Oc1ccccc1. The van der Waals surface area contributed by atoms with Crippen LogP contribution >= 0.6 is 11.6 Å². The van der Waals surface area contributed by atoms with E-state index in [0.29, 0.717) is 18.8 Å². The fraction of sp³-hybridized carbons (Fsp3) is 0.222. The van der Waals surface area contributed by atoms with Gasteiger partial charge in [-0.2, -0.15) is 0 Å². The van der Waals surface area contributed by atoms with Gasteiger partial charge in [-0.15, -0.1) is 0 Å². The first-order chi connectivity index (χ1) is 11.6. The van der Waals surface area contributed by atoms with Crippen LogP contribution in [-0.4, -0.2) is 30.1 Å². The Morgan fingerprint density at radius 2 is 1.62 bits per heavy atom. The molecule has 0 unspecified atom stereocenters. The highest BCUT2D eigenvalue weighted by molar-refractivity contribution is 6.32. The minimum atomic E-state index is -0.647. The third-order valence-electron chi connectivity index (χ3n) is 3.35. The molecule has 2 aromatic rings. The molecule has 0 saturated heterocycles. The van der Waals surface area contributed by atoms with E-state index >= 15 is 0 Å². The second kappa shape index (κ2) is 8.36. The Kier molecular flexibility index (Phi) is 6.21. The fourth-order valence-corrected chi connectivity index (χ4v) is 2.27. The molecule has 0 saturated carbocycles. The van der Waals surface area contributed by atoms with E-state index in [1.54, 1.807) is 36.4 Å². The minimum absolute atomic E-state index is 0.00278. The Balaban J connectivity index is 2.26. The summed E-state index contributed by atoms with van der Waals surface area (Å²) in [5.74, 6) is -0.258. The van der Waals surface area contributed by atoms with Crippen LogP contribution < -0.4 is 9.47 Å². The van der Waals surface area contributed by atoms with E-state index in [0.717, 1.165) is 0 Å². The number of hydrogen-bond acceptors (Lipinski definition) is 4. The lowest BCUT2D eigenvalue weighted by molar-refractivity contribution is 0.0731. The van der Waals surface area contributed by atoms with E-state index < -0.39 is 12.1 Å². The highest BCUT2D eigenvalue weighted by Gasteiger charge is 2.22. The molecule has 5 nitrogen and oxygen atoms in total. The van der Waals surface area contributed by atoms with Gasteiger partial charge in [-0.3, -0.25) is 0 Å². The van der Waals surface area contributed by atoms with E-state index in [2.05, 4.69) is 0 Å². The molecule has 0 radical (unpaired) electrons. The van der Waals surface area contributed by atoms with Gasteiger partial charge in [0, 0.05) is 13.1 Å². The van der Waals surface area contributed by atoms with Crippen LogP contribution in [-0.2, 0) is 0 Å². The molecule has 24 heavy (non-hydrogen) atoms. The highest BCUT2D eigenvalue weighted by atomic mass is 35.5. The van der Waals surface area contributed by atoms with Crippen LogP contribution in [0.15, 0.2) is 48.5 Å². The maximum absolute atomic E-state index is 12.4. The van der Waals surface area contributed by atoms with Crippen molar-refractivity contribution < 1.29 is 19.1 Å². The van der Waals surface area contributed by atoms with Gasteiger partial charge in [0.05, 0.1) is 5.02 Å². The second-order valence-corrected chi connectivity index (χ2v) is 5.27. The number of amides is 1. The summed E-state index contributed by atoms with van der Waals surface area (Å²) in [5.41, 5.74) is 0.0897. The number of carbonyl (C=O) groups excluding carboxylic acids is 2. The van der Waals surface area contributed by atoms with Crippen LogP contribution in [0.4, 0.5) is 4.79 Å². The zero-order valence-electron chi connectivity index (χ0n) is 13.5. The lowest BCUT2D eigenvalue weighted by Crippen LogP contribution is -2.33. The van der Waals surface area contributed by atoms with E-state index in [1.807, 2.05) is 19.9 Å². The molecule has 0 atom stereocenters. The van der Waals surface area contributed by atoms with Gasteiger partial charge >= 0.3 is 12.1 Å². The van der Waals surface area contributed by atoms with E-state index in [4.69, 9.17) is 21.1 Å². The van der Waals surface area contributed by atoms with Crippen molar-refractivity contribution in [2.24, 2.45) is 0 Å². The van der Waals surface area contributed by atoms with Crippen LogP contribution in [0.25, 0.3) is 0 Å². The van der Waals surface area contributed by atoms with Gasteiger partial charge in [-0.25, -0.2) is 9.59 Å². The Labute approximate surface area is 145 Å². The number of nitrogens with zero attached hydrogens (tertiary/aromatic N) is 1. The van der Waals surface area contributed by atoms with Crippen molar-refractivity contribution >= 4 is 23.7 Å². The number of ether oxygens (including phenoxy) is 2. The molecule has 0 bridgehead atoms. The third kappa shape index (κ3) is 4.26. The molecule has 0 N–H and O–H groups in total. The van der Waals surface area contributed by atoms with Gasteiger partial charge in [0.15, 0.2) is 5.75 Å². The smallest absolute Gasteiger partial charge is 0.415 e. The first-order valence-corrected chi connectivity index (χ1v) is 7.97. The predicted molar refractivity (Wildman–Crippen MR) is 91.8 cm³/mol. The monoisotopic (exact) mass is 347 g/mol. The normalized spacial score (nSPS) is 10.1. The molecule has 0 aromatic heterocycles. The van der Waals surface area contributed by atoms with Crippen molar-refractivity contribution in [2.75, 3.05) is 13.1 Å².